The van der Waals surface area contributed by atoms with E-state index in [9.17, 15) is 9.59 Å². The van der Waals surface area contributed by atoms with Crippen molar-refractivity contribution < 1.29 is 9.59 Å². The first-order valence-corrected chi connectivity index (χ1v) is 8.56. The highest BCUT2D eigenvalue weighted by Crippen LogP contribution is 2.31. The van der Waals surface area contributed by atoms with Crippen molar-refractivity contribution >= 4 is 23.3 Å². The molecule has 1 aliphatic heterocycles. The summed E-state index contributed by atoms with van der Waals surface area (Å²) in [6.45, 7) is 4.13. The summed E-state index contributed by atoms with van der Waals surface area (Å²) in [4.78, 5) is 25.4. The van der Waals surface area contributed by atoms with Crippen molar-refractivity contribution in [2.24, 2.45) is 0 Å². The number of nitrogens with one attached hydrogen (secondary N) is 2. The van der Waals surface area contributed by atoms with E-state index in [2.05, 4.69) is 23.6 Å². The third-order valence-electron chi connectivity index (χ3n) is 4.39. The summed E-state index contributed by atoms with van der Waals surface area (Å²) < 4.78 is 0. The molecule has 1 heterocycles. The first-order valence-electron chi connectivity index (χ1n) is 8.56. The van der Waals surface area contributed by atoms with Gasteiger partial charge in [0.1, 0.15) is 0 Å². The predicted molar refractivity (Wildman–Crippen MR) is 99.9 cm³/mol. The van der Waals surface area contributed by atoms with Crippen molar-refractivity contribution in [1.82, 2.24) is 5.32 Å². The van der Waals surface area contributed by atoms with Crippen LogP contribution in [0.1, 0.15) is 25.0 Å². The SMILES string of the molecule is CC(=O)Nc1ccc(CCNC(=O)N2c3ccccc3CC2C)cc1. The van der Waals surface area contributed by atoms with E-state index in [4.69, 9.17) is 0 Å². The molecular formula is C20H23N3O2. The van der Waals surface area contributed by atoms with Gasteiger partial charge in [-0.3, -0.25) is 9.69 Å². The molecule has 0 saturated heterocycles. The van der Waals surface area contributed by atoms with Crippen LogP contribution in [0.3, 0.4) is 0 Å². The summed E-state index contributed by atoms with van der Waals surface area (Å²) >= 11 is 0. The molecule has 130 valence electrons. The number of benzene rings is 2. The van der Waals surface area contributed by atoms with Crippen LogP contribution in [-0.4, -0.2) is 24.5 Å². The van der Waals surface area contributed by atoms with E-state index >= 15 is 0 Å². The lowest BCUT2D eigenvalue weighted by atomic mass is 10.1. The Bertz CT molecular complexity index is 771. The zero-order valence-electron chi connectivity index (χ0n) is 14.6. The quantitative estimate of drug-likeness (QED) is 0.899. The van der Waals surface area contributed by atoms with E-state index in [-0.39, 0.29) is 18.0 Å². The molecule has 25 heavy (non-hydrogen) atoms. The molecule has 3 amide bonds. The third kappa shape index (κ3) is 3.99. The number of nitrogens with zero attached hydrogens (tertiary/aromatic N) is 1. The van der Waals surface area contributed by atoms with Gasteiger partial charge in [-0.1, -0.05) is 30.3 Å². The maximum absolute atomic E-state index is 12.6. The van der Waals surface area contributed by atoms with Crippen molar-refractivity contribution in [3.8, 4) is 0 Å². The Balaban J connectivity index is 1.54. The second-order valence-electron chi connectivity index (χ2n) is 6.41. The van der Waals surface area contributed by atoms with Crippen LogP contribution >= 0.6 is 0 Å². The Morgan fingerprint density at radius 1 is 1.12 bits per heavy atom. The lowest BCUT2D eigenvalue weighted by Crippen LogP contribution is -2.43. The summed E-state index contributed by atoms with van der Waals surface area (Å²) in [6, 6.07) is 15.9. The predicted octanol–water partition coefficient (Wildman–Crippen LogP) is 3.35. The molecule has 2 aromatic rings. The second-order valence-corrected chi connectivity index (χ2v) is 6.41. The van der Waals surface area contributed by atoms with Gasteiger partial charge in [-0.2, -0.15) is 0 Å². The average Bonchev–Trinajstić information content (AvgIpc) is 2.91. The van der Waals surface area contributed by atoms with Crippen molar-refractivity contribution in [2.75, 3.05) is 16.8 Å². The normalized spacial score (nSPS) is 15.6. The molecule has 5 heteroatoms. The van der Waals surface area contributed by atoms with E-state index in [1.54, 1.807) is 0 Å². The third-order valence-corrected chi connectivity index (χ3v) is 4.39. The molecule has 2 N–H and O–H groups in total. The first kappa shape index (κ1) is 17.0. The zero-order valence-corrected chi connectivity index (χ0v) is 14.6. The summed E-state index contributed by atoms with van der Waals surface area (Å²) in [7, 11) is 0. The smallest absolute Gasteiger partial charge is 0.322 e. The molecular weight excluding hydrogens is 314 g/mol. The zero-order chi connectivity index (χ0) is 17.8. The molecule has 0 radical (unpaired) electrons. The van der Waals surface area contributed by atoms with Crippen molar-refractivity contribution in [1.29, 1.82) is 0 Å². The van der Waals surface area contributed by atoms with Gasteiger partial charge in [0.15, 0.2) is 0 Å². The number of fused-ring (bicyclic) bond motifs is 1. The maximum atomic E-state index is 12.6. The molecule has 0 fully saturated rings. The van der Waals surface area contributed by atoms with Crippen molar-refractivity contribution in [3.05, 3.63) is 59.7 Å². The summed E-state index contributed by atoms with van der Waals surface area (Å²) in [5.41, 5.74) is 4.12. The Morgan fingerprint density at radius 3 is 2.56 bits per heavy atom. The van der Waals surface area contributed by atoms with Crippen LogP contribution in [0.15, 0.2) is 48.5 Å². The molecule has 0 aliphatic carbocycles. The highest BCUT2D eigenvalue weighted by Gasteiger charge is 2.30. The molecule has 0 bridgehead atoms. The fourth-order valence-electron chi connectivity index (χ4n) is 3.23. The molecule has 2 aromatic carbocycles. The van der Waals surface area contributed by atoms with Crippen LogP contribution in [0.4, 0.5) is 16.2 Å². The van der Waals surface area contributed by atoms with Gasteiger partial charge >= 0.3 is 6.03 Å². The van der Waals surface area contributed by atoms with E-state index in [0.717, 1.165) is 29.8 Å². The van der Waals surface area contributed by atoms with Gasteiger partial charge in [0, 0.05) is 30.9 Å². The Morgan fingerprint density at radius 2 is 1.84 bits per heavy atom. The van der Waals surface area contributed by atoms with Gasteiger partial charge in [-0.05, 0) is 49.1 Å². The summed E-state index contributed by atoms with van der Waals surface area (Å²) in [5, 5.41) is 5.75. The van der Waals surface area contributed by atoms with E-state index in [0.29, 0.717) is 6.54 Å². The molecule has 0 spiro atoms. The van der Waals surface area contributed by atoms with Crippen LogP contribution in [0, 0.1) is 0 Å². The first-order chi connectivity index (χ1) is 12.0. The molecule has 1 atom stereocenters. The number of carbonyl (C=O) groups excluding carboxylic acids is 2. The van der Waals surface area contributed by atoms with Crippen LogP contribution in [0.2, 0.25) is 0 Å². The van der Waals surface area contributed by atoms with Gasteiger partial charge in [0.25, 0.3) is 0 Å². The Labute approximate surface area is 148 Å². The number of rotatable bonds is 4. The average molecular weight is 337 g/mol. The van der Waals surface area contributed by atoms with Crippen molar-refractivity contribution in [3.63, 3.8) is 0 Å². The summed E-state index contributed by atoms with van der Waals surface area (Å²) in [5.74, 6) is -0.0833. The van der Waals surface area contributed by atoms with Gasteiger partial charge in [0.2, 0.25) is 5.91 Å². The minimum Gasteiger partial charge on any atom is -0.337 e. The number of anilines is 2. The number of urea groups is 1. The molecule has 1 aliphatic rings. The fourth-order valence-corrected chi connectivity index (χ4v) is 3.23. The molecule has 3 rings (SSSR count). The van der Waals surface area contributed by atoms with Crippen LogP contribution in [0.5, 0.6) is 0 Å². The molecule has 0 aromatic heterocycles. The Kier molecular flexibility index (Phi) is 5.03. The van der Waals surface area contributed by atoms with Gasteiger partial charge in [-0.15, -0.1) is 0 Å². The van der Waals surface area contributed by atoms with Gasteiger partial charge < -0.3 is 10.6 Å². The molecule has 0 saturated carbocycles. The van der Waals surface area contributed by atoms with E-state index < -0.39 is 0 Å². The highest BCUT2D eigenvalue weighted by molar-refractivity contribution is 5.95. The minimum atomic E-state index is -0.0833. The van der Waals surface area contributed by atoms with Gasteiger partial charge in [-0.25, -0.2) is 4.79 Å². The topological polar surface area (TPSA) is 61.4 Å². The standard InChI is InChI=1S/C20H23N3O2/c1-14-13-17-5-3-4-6-19(17)23(14)20(25)21-12-11-16-7-9-18(10-8-16)22-15(2)24/h3-10,14H,11-13H2,1-2H3,(H,21,25)(H,22,24). The minimum absolute atomic E-state index is 0.0488. The lowest BCUT2D eigenvalue weighted by molar-refractivity contribution is -0.114. The molecule has 5 nitrogen and oxygen atoms in total. The van der Waals surface area contributed by atoms with Crippen LogP contribution in [-0.2, 0) is 17.6 Å². The largest absolute Gasteiger partial charge is 0.337 e. The van der Waals surface area contributed by atoms with Crippen molar-refractivity contribution in [2.45, 2.75) is 32.7 Å². The number of hydrogen-bond acceptors (Lipinski definition) is 2. The monoisotopic (exact) mass is 337 g/mol. The van der Waals surface area contributed by atoms with Crippen LogP contribution in [0.25, 0.3) is 0 Å². The Hall–Kier alpha value is -2.82. The summed E-state index contributed by atoms with van der Waals surface area (Å²) in [6.07, 6.45) is 1.64. The number of hydrogen-bond donors (Lipinski definition) is 2. The second kappa shape index (κ2) is 7.38. The maximum Gasteiger partial charge on any atom is 0.322 e. The molecule has 1 unspecified atom stereocenters. The number of amides is 3. The van der Waals surface area contributed by atoms with Crippen LogP contribution < -0.4 is 15.5 Å². The van der Waals surface area contributed by atoms with Gasteiger partial charge in [0.05, 0.1) is 0 Å². The van der Waals surface area contributed by atoms with E-state index in [1.807, 2.05) is 47.4 Å². The van der Waals surface area contributed by atoms with E-state index in [1.165, 1.54) is 12.5 Å². The lowest BCUT2D eigenvalue weighted by Gasteiger charge is -2.23. The number of carbonyl (C=O) groups is 2. The fraction of sp³-hybridized carbons (Fsp3) is 0.300. The number of para-hydroxylation sites is 1. The highest BCUT2D eigenvalue weighted by atomic mass is 16.2.